The predicted octanol–water partition coefficient (Wildman–Crippen LogP) is 1.54. The van der Waals surface area contributed by atoms with Gasteiger partial charge >= 0.3 is 12.6 Å². The van der Waals surface area contributed by atoms with E-state index < -0.39 is 17.9 Å². The number of amidine groups is 1. The first kappa shape index (κ1) is 13.5. The van der Waals surface area contributed by atoms with Gasteiger partial charge in [-0.2, -0.15) is 18.2 Å². The van der Waals surface area contributed by atoms with Gasteiger partial charge in [-0.3, -0.25) is 4.79 Å². The first-order valence-corrected chi connectivity index (χ1v) is 3.92. The molecule has 0 bridgehead atoms. The molecular formula is C8H11F3N2O2. The summed E-state index contributed by atoms with van der Waals surface area (Å²) in [5.74, 6) is 0. The molecule has 0 N–H and O–H groups in total. The van der Waals surface area contributed by atoms with E-state index in [-0.39, 0.29) is 6.47 Å². The largest absolute Gasteiger partial charge is 0.433 e. The van der Waals surface area contributed by atoms with E-state index in [2.05, 4.69) is 9.73 Å². The molecule has 0 aromatic rings. The van der Waals surface area contributed by atoms with Crippen molar-refractivity contribution >= 4 is 12.5 Å². The van der Waals surface area contributed by atoms with Gasteiger partial charge in [0.15, 0.2) is 0 Å². The molecule has 0 spiro atoms. The lowest BCUT2D eigenvalue weighted by atomic mass is 10.4. The predicted molar refractivity (Wildman–Crippen MR) is 48.1 cm³/mol. The van der Waals surface area contributed by atoms with Crippen LogP contribution in [0.15, 0.2) is 16.8 Å². The Kier molecular flexibility index (Phi) is 4.83. The SMILES string of the molecule is C/C=C(\N=C(OC=O)N(C)C)C(F)(F)F. The Bertz CT molecular complexity index is 282. The van der Waals surface area contributed by atoms with Gasteiger partial charge in [0.2, 0.25) is 0 Å². The summed E-state index contributed by atoms with van der Waals surface area (Å²) in [4.78, 5) is 14.3. The van der Waals surface area contributed by atoms with E-state index in [0.29, 0.717) is 0 Å². The molecule has 0 rings (SSSR count). The monoisotopic (exact) mass is 224 g/mol. The van der Waals surface area contributed by atoms with Crippen LogP contribution in [0.4, 0.5) is 13.2 Å². The number of nitrogens with zero attached hydrogens (tertiary/aromatic N) is 2. The van der Waals surface area contributed by atoms with Crippen molar-refractivity contribution in [2.24, 2.45) is 4.99 Å². The molecule has 0 fully saturated rings. The van der Waals surface area contributed by atoms with Gasteiger partial charge in [0.1, 0.15) is 5.70 Å². The number of rotatable bonds is 2. The van der Waals surface area contributed by atoms with Crippen LogP contribution in [0.3, 0.4) is 0 Å². The molecule has 7 heteroatoms. The summed E-state index contributed by atoms with van der Waals surface area (Å²) in [6, 6.07) is -0.421. The number of alkyl halides is 3. The van der Waals surface area contributed by atoms with Crippen LogP contribution in [0.1, 0.15) is 6.92 Å². The molecule has 0 unspecified atom stereocenters. The topological polar surface area (TPSA) is 41.9 Å². The number of hydrogen-bond donors (Lipinski definition) is 0. The third kappa shape index (κ3) is 4.48. The molecule has 0 aliphatic carbocycles. The third-order valence-corrected chi connectivity index (χ3v) is 1.32. The first-order valence-electron chi connectivity index (χ1n) is 3.92. The van der Waals surface area contributed by atoms with E-state index >= 15 is 0 Å². The van der Waals surface area contributed by atoms with Crippen molar-refractivity contribution in [3.05, 3.63) is 11.8 Å². The number of carbonyl (C=O) groups excluding carboxylic acids is 1. The fourth-order valence-electron chi connectivity index (χ4n) is 0.669. The van der Waals surface area contributed by atoms with Gasteiger partial charge in [0.05, 0.1) is 0 Å². The maximum Gasteiger partial charge on any atom is 0.433 e. The molecule has 15 heavy (non-hydrogen) atoms. The second-order valence-corrected chi connectivity index (χ2v) is 2.67. The first-order chi connectivity index (χ1) is 6.82. The van der Waals surface area contributed by atoms with E-state index in [1.165, 1.54) is 21.0 Å². The fraction of sp³-hybridized carbons (Fsp3) is 0.500. The number of carbonyl (C=O) groups is 1. The average molecular weight is 224 g/mol. The van der Waals surface area contributed by atoms with E-state index in [0.717, 1.165) is 11.0 Å². The minimum absolute atomic E-state index is 0.0164. The van der Waals surface area contributed by atoms with E-state index in [4.69, 9.17) is 0 Å². The highest BCUT2D eigenvalue weighted by Crippen LogP contribution is 2.26. The van der Waals surface area contributed by atoms with Gasteiger partial charge < -0.3 is 9.64 Å². The highest BCUT2D eigenvalue weighted by molar-refractivity contribution is 5.80. The van der Waals surface area contributed by atoms with E-state index in [1.54, 1.807) is 0 Å². The summed E-state index contributed by atoms with van der Waals surface area (Å²) in [5, 5.41) is 0. The Morgan fingerprint density at radius 1 is 1.40 bits per heavy atom. The summed E-state index contributed by atoms with van der Waals surface area (Å²) >= 11 is 0. The highest BCUT2D eigenvalue weighted by atomic mass is 19.4. The van der Waals surface area contributed by atoms with Crippen LogP contribution in [-0.2, 0) is 9.53 Å². The van der Waals surface area contributed by atoms with Crippen LogP contribution in [0.5, 0.6) is 0 Å². The molecule has 0 aromatic carbocycles. The zero-order valence-corrected chi connectivity index (χ0v) is 8.50. The van der Waals surface area contributed by atoms with Crippen molar-refractivity contribution < 1.29 is 22.7 Å². The fourth-order valence-corrected chi connectivity index (χ4v) is 0.669. The number of aliphatic imine (C=N–C) groups is 1. The number of allylic oxidation sites excluding steroid dienone is 2. The Morgan fingerprint density at radius 3 is 2.20 bits per heavy atom. The maximum absolute atomic E-state index is 12.2. The molecule has 0 aliphatic rings. The second-order valence-electron chi connectivity index (χ2n) is 2.67. The van der Waals surface area contributed by atoms with Gasteiger partial charge in [-0.25, -0.2) is 0 Å². The van der Waals surface area contributed by atoms with E-state index in [1.807, 2.05) is 0 Å². The molecule has 4 nitrogen and oxygen atoms in total. The van der Waals surface area contributed by atoms with Crippen LogP contribution < -0.4 is 0 Å². The number of hydrogen-bond acceptors (Lipinski definition) is 3. The molecule has 0 atom stereocenters. The van der Waals surface area contributed by atoms with Crippen LogP contribution >= 0.6 is 0 Å². The molecule has 0 amide bonds. The number of halogens is 3. The minimum Gasteiger partial charge on any atom is -0.395 e. The lowest BCUT2D eigenvalue weighted by molar-refractivity contribution is -0.122. The Hall–Kier alpha value is -1.53. The van der Waals surface area contributed by atoms with E-state index in [9.17, 15) is 18.0 Å². The number of ether oxygens (including phenoxy) is 1. The third-order valence-electron chi connectivity index (χ3n) is 1.32. The van der Waals surface area contributed by atoms with Crippen molar-refractivity contribution in [3.8, 4) is 0 Å². The average Bonchev–Trinajstić information content (AvgIpc) is 2.09. The van der Waals surface area contributed by atoms with Gasteiger partial charge in [0.25, 0.3) is 6.02 Å². The Morgan fingerprint density at radius 2 is 1.93 bits per heavy atom. The van der Waals surface area contributed by atoms with Crippen LogP contribution in [0, 0.1) is 0 Å². The zero-order valence-electron chi connectivity index (χ0n) is 8.50. The van der Waals surface area contributed by atoms with Crippen molar-refractivity contribution in [1.29, 1.82) is 0 Å². The van der Waals surface area contributed by atoms with Crippen molar-refractivity contribution in [1.82, 2.24) is 4.90 Å². The highest BCUT2D eigenvalue weighted by Gasteiger charge is 2.34. The van der Waals surface area contributed by atoms with Crippen LogP contribution in [0.2, 0.25) is 0 Å². The molecular weight excluding hydrogens is 213 g/mol. The van der Waals surface area contributed by atoms with Gasteiger partial charge in [0, 0.05) is 14.1 Å². The van der Waals surface area contributed by atoms with Crippen LogP contribution in [0.25, 0.3) is 0 Å². The summed E-state index contributed by atoms with van der Waals surface area (Å²) in [5.41, 5.74) is -1.12. The Balaban J connectivity index is 5.03. The lowest BCUT2D eigenvalue weighted by Crippen LogP contribution is -2.26. The van der Waals surface area contributed by atoms with Gasteiger partial charge in [-0.15, -0.1) is 0 Å². The zero-order chi connectivity index (χ0) is 12.1. The second kappa shape index (κ2) is 5.38. The van der Waals surface area contributed by atoms with Crippen molar-refractivity contribution in [3.63, 3.8) is 0 Å². The molecule has 0 saturated carbocycles. The molecule has 0 radical (unpaired) electrons. The van der Waals surface area contributed by atoms with Crippen molar-refractivity contribution in [2.75, 3.05) is 14.1 Å². The standard InChI is InChI=1S/C8H11F3N2O2/c1-4-6(8(9,10)11)12-7(13(2)3)15-5-14/h4-5H,1-3H3/b6-4-,12-7?. The molecule has 0 heterocycles. The summed E-state index contributed by atoms with van der Waals surface area (Å²) in [7, 11) is 2.82. The quantitative estimate of drug-likeness (QED) is 0.406. The molecule has 86 valence electrons. The van der Waals surface area contributed by atoms with Gasteiger partial charge in [-0.05, 0) is 6.92 Å². The molecule has 0 aliphatic heterocycles. The smallest absolute Gasteiger partial charge is 0.395 e. The Labute approximate surface area is 85.0 Å². The maximum atomic E-state index is 12.2. The summed E-state index contributed by atoms with van der Waals surface area (Å²) in [6.07, 6.45) is -3.78. The molecule has 0 aromatic heterocycles. The van der Waals surface area contributed by atoms with Crippen LogP contribution in [-0.4, -0.2) is 37.7 Å². The molecule has 0 saturated heterocycles. The minimum atomic E-state index is -4.57. The summed E-state index contributed by atoms with van der Waals surface area (Å²) < 4.78 is 41.0. The van der Waals surface area contributed by atoms with Crippen molar-refractivity contribution in [2.45, 2.75) is 13.1 Å². The summed E-state index contributed by atoms with van der Waals surface area (Å²) in [6.45, 7) is 1.21. The lowest BCUT2D eigenvalue weighted by Gasteiger charge is -2.14. The normalized spacial score (nSPS) is 13.7. The van der Waals surface area contributed by atoms with Gasteiger partial charge in [-0.1, -0.05) is 6.08 Å².